The first-order chi connectivity index (χ1) is 10.0. The Bertz CT molecular complexity index is 633. The molecule has 1 aromatic carbocycles. The molecule has 0 aliphatic heterocycles. The van der Waals surface area contributed by atoms with Crippen LogP contribution in [0.3, 0.4) is 0 Å². The Labute approximate surface area is 125 Å². The van der Waals surface area contributed by atoms with Gasteiger partial charge in [-0.1, -0.05) is 0 Å². The number of anilines is 1. The second kappa shape index (κ2) is 6.43. The third kappa shape index (κ3) is 3.42. The second-order valence-electron chi connectivity index (χ2n) is 5.18. The summed E-state index contributed by atoms with van der Waals surface area (Å²) in [6.45, 7) is 5.38. The van der Waals surface area contributed by atoms with Gasteiger partial charge < -0.3 is 14.8 Å². The highest BCUT2D eigenvalue weighted by atomic mass is 16.2. The normalized spacial score (nSPS) is 10.5. The van der Waals surface area contributed by atoms with E-state index in [2.05, 4.69) is 17.2 Å². The standard InChI is InChI=1S/C16H22N4O/c1-5-17-13-6-7-14(12(2)10-13)16(21)20(4)11-15-18-8-9-19(15)3/h6-10,17H,5,11H2,1-4H3. The van der Waals surface area contributed by atoms with Crippen LogP contribution in [-0.2, 0) is 13.6 Å². The number of aromatic nitrogens is 2. The first-order valence-corrected chi connectivity index (χ1v) is 7.09. The molecule has 1 heterocycles. The Hall–Kier alpha value is -2.30. The Morgan fingerprint density at radius 2 is 2.19 bits per heavy atom. The molecule has 0 spiro atoms. The Kier molecular flexibility index (Phi) is 4.62. The molecule has 0 aliphatic carbocycles. The van der Waals surface area contributed by atoms with Crippen LogP contribution in [0, 0.1) is 6.92 Å². The zero-order chi connectivity index (χ0) is 15.4. The van der Waals surface area contributed by atoms with Crippen molar-refractivity contribution in [3.63, 3.8) is 0 Å². The molecule has 1 aromatic heterocycles. The van der Waals surface area contributed by atoms with Crippen LogP contribution in [0.2, 0.25) is 0 Å². The minimum Gasteiger partial charge on any atom is -0.385 e. The monoisotopic (exact) mass is 286 g/mol. The molecule has 0 saturated heterocycles. The summed E-state index contributed by atoms with van der Waals surface area (Å²) in [6.07, 6.45) is 3.62. The summed E-state index contributed by atoms with van der Waals surface area (Å²) < 4.78 is 1.92. The number of imidazole rings is 1. The van der Waals surface area contributed by atoms with Gasteiger partial charge in [-0.2, -0.15) is 0 Å². The molecule has 0 unspecified atom stereocenters. The van der Waals surface area contributed by atoms with Gasteiger partial charge in [-0.05, 0) is 37.6 Å². The molecule has 2 aromatic rings. The minimum atomic E-state index is 0.0125. The highest BCUT2D eigenvalue weighted by molar-refractivity contribution is 5.95. The van der Waals surface area contributed by atoms with Gasteiger partial charge in [0.2, 0.25) is 0 Å². The van der Waals surface area contributed by atoms with Crippen molar-refractivity contribution in [1.29, 1.82) is 0 Å². The molecule has 21 heavy (non-hydrogen) atoms. The van der Waals surface area contributed by atoms with Gasteiger partial charge >= 0.3 is 0 Å². The minimum absolute atomic E-state index is 0.0125. The lowest BCUT2D eigenvalue weighted by molar-refractivity contribution is 0.0780. The van der Waals surface area contributed by atoms with Crippen LogP contribution < -0.4 is 5.32 Å². The smallest absolute Gasteiger partial charge is 0.254 e. The molecule has 112 valence electrons. The summed E-state index contributed by atoms with van der Waals surface area (Å²) in [5.41, 5.74) is 2.75. The van der Waals surface area contributed by atoms with Gasteiger partial charge in [0, 0.05) is 44.3 Å². The quantitative estimate of drug-likeness (QED) is 0.918. The van der Waals surface area contributed by atoms with Gasteiger partial charge in [-0.15, -0.1) is 0 Å². The molecule has 5 nitrogen and oxygen atoms in total. The van der Waals surface area contributed by atoms with Crippen molar-refractivity contribution in [3.8, 4) is 0 Å². The average molecular weight is 286 g/mol. The first-order valence-electron chi connectivity index (χ1n) is 7.09. The summed E-state index contributed by atoms with van der Waals surface area (Å²) >= 11 is 0. The molecule has 2 rings (SSSR count). The van der Waals surface area contributed by atoms with E-state index in [9.17, 15) is 4.79 Å². The summed E-state index contributed by atoms with van der Waals surface area (Å²) in [4.78, 5) is 18.5. The van der Waals surface area contributed by atoms with Crippen molar-refractivity contribution in [1.82, 2.24) is 14.5 Å². The van der Waals surface area contributed by atoms with Gasteiger partial charge in [0.05, 0.1) is 6.54 Å². The molecule has 1 N–H and O–H groups in total. The Balaban J connectivity index is 2.14. The molecule has 0 saturated carbocycles. The Morgan fingerprint density at radius 1 is 1.43 bits per heavy atom. The predicted molar refractivity (Wildman–Crippen MR) is 84.3 cm³/mol. The number of carbonyl (C=O) groups is 1. The van der Waals surface area contributed by atoms with E-state index in [1.165, 1.54) is 0 Å². The van der Waals surface area contributed by atoms with Gasteiger partial charge in [0.15, 0.2) is 0 Å². The lowest BCUT2D eigenvalue weighted by atomic mass is 10.1. The number of amides is 1. The second-order valence-corrected chi connectivity index (χ2v) is 5.18. The highest BCUT2D eigenvalue weighted by Gasteiger charge is 2.16. The van der Waals surface area contributed by atoms with E-state index in [1.54, 1.807) is 18.1 Å². The summed E-state index contributed by atoms with van der Waals surface area (Å²) in [6, 6.07) is 5.83. The van der Waals surface area contributed by atoms with Crippen LogP contribution in [0.4, 0.5) is 5.69 Å². The number of carbonyl (C=O) groups excluding carboxylic acids is 1. The molecule has 1 amide bonds. The fraction of sp³-hybridized carbons (Fsp3) is 0.375. The van der Waals surface area contributed by atoms with Gasteiger partial charge in [0.1, 0.15) is 5.82 Å². The number of hydrogen-bond donors (Lipinski definition) is 1. The van der Waals surface area contributed by atoms with Crippen LogP contribution in [0.15, 0.2) is 30.6 Å². The Morgan fingerprint density at radius 3 is 2.76 bits per heavy atom. The van der Waals surface area contributed by atoms with E-state index >= 15 is 0 Å². The molecule has 0 radical (unpaired) electrons. The number of nitrogens with zero attached hydrogens (tertiary/aromatic N) is 3. The molecule has 5 heteroatoms. The first kappa shape index (κ1) is 15.1. The average Bonchev–Trinajstić information content (AvgIpc) is 2.84. The van der Waals surface area contributed by atoms with E-state index in [1.807, 2.05) is 42.9 Å². The maximum atomic E-state index is 12.5. The highest BCUT2D eigenvalue weighted by Crippen LogP contribution is 2.17. The zero-order valence-corrected chi connectivity index (χ0v) is 13.1. The van der Waals surface area contributed by atoms with Crippen molar-refractivity contribution in [2.45, 2.75) is 20.4 Å². The number of rotatable bonds is 5. The van der Waals surface area contributed by atoms with E-state index in [0.717, 1.165) is 29.2 Å². The lowest BCUT2D eigenvalue weighted by Crippen LogP contribution is -2.28. The van der Waals surface area contributed by atoms with Gasteiger partial charge in [-0.25, -0.2) is 4.98 Å². The van der Waals surface area contributed by atoms with E-state index < -0.39 is 0 Å². The maximum Gasteiger partial charge on any atom is 0.254 e. The molecule has 0 aliphatic rings. The SMILES string of the molecule is CCNc1ccc(C(=O)N(C)Cc2nccn2C)c(C)c1. The molecule has 0 atom stereocenters. The van der Waals surface area contributed by atoms with E-state index in [0.29, 0.717) is 6.54 Å². The number of nitrogens with one attached hydrogen (secondary N) is 1. The lowest BCUT2D eigenvalue weighted by Gasteiger charge is -2.18. The topological polar surface area (TPSA) is 50.2 Å². The van der Waals surface area contributed by atoms with E-state index in [-0.39, 0.29) is 5.91 Å². The van der Waals surface area contributed by atoms with Crippen LogP contribution in [-0.4, -0.2) is 34.0 Å². The van der Waals surface area contributed by atoms with Crippen molar-refractivity contribution >= 4 is 11.6 Å². The molecule has 0 fully saturated rings. The predicted octanol–water partition coefficient (Wildman–Crippen LogP) is 2.43. The fourth-order valence-corrected chi connectivity index (χ4v) is 2.26. The third-order valence-electron chi connectivity index (χ3n) is 3.48. The molecule has 0 bridgehead atoms. The zero-order valence-electron chi connectivity index (χ0n) is 13.1. The van der Waals surface area contributed by atoms with Crippen LogP contribution >= 0.6 is 0 Å². The maximum absolute atomic E-state index is 12.5. The molecular weight excluding hydrogens is 264 g/mol. The number of benzene rings is 1. The third-order valence-corrected chi connectivity index (χ3v) is 3.48. The summed E-state index contributed by atoms with van der Waals surface area (Å²) in [5, 5.41) is 3.25. The van der Waals surface area contributed by atoms with Crippen molar-refractivity contribution < 1.29 is 4.79 Å². The van der Waals surface area contributed by atoms with E-state index in [4.69, 9.17) is 0 Å². The number of aryl methyl sites for hydroxylation is 2. The van der Waals surface area contributed by atoms with Crippen LogP contribution in [0.25, 0.3) is 0 Å². The van der Waals surface area contributed by atoms with Gasteiger partial charge in [-0.3, -0.25) is 4.79 Å². The summed E-state index contributed by atoms with van der Waals surface area (Å²) in [7, 11) is 3.73. The number of hydrogen-bond acceptors (Lipinski definition) is 3. The largest absolute Gasteiger partial charge is 0.385 e. The summed E-state index contributed by atoms with van der Waals surface area (Å²) in [5.74, 6) is 0.881. The van der Waals surface area contributed by atoms with Crippen LogP contribution in [0.5, 0.6) is 0 Å². The fourth-order valence-electron chi connectivity index (χ4n) is 2.26. The van der Waals surface area contributed by atoms with Crippen molar-refractivity contribution in [2.75, 3.05) is 18.9 Å². The van der Waals surface area contributed by atoms with Crippen LogP contribution in [0.1, 0.15) is 28.7 Å². The van der Waals surface area contributed by atoms with Crippen molar-refractivity contribution in [2.24, 2.45) is 7.05 Å². The van der Waals surface area contributed by atoms with Crippen molar-refractivity contribution in [3.05, 3.63) is 47.5 Å². The molecular formula is C16H22N4O. The van der Waals surface area contributed by atoms with Gasteiger partial charge in [0.25, 0.3) is 5.91 Å².